The molecule has 0 aliphatic rings. The zero-order valence-electron chi connectivity index (χ0n) is 21.4. The molecule has 35 heavy (non-hydrogen) atoms. The van der Waals surface area contributed by atoms with Gasteiger partial charge >= 0.3 is 0 Å². The van der Waals surface area contributed by atoms with E-state index in [-0.39, 0.29) is 6.29 Å². The minimum Gasteiger partial charge on any atom is -0.349 e. The number of benzene rings is 3. The normalized spacial score (nSPS) is 11.9. The first kappa shape index (κ1) is 27.2. The van der Waals surface area contributed by atoms with Crippen LogP contribution in [0.3, 0.4) is 0 Å². The summed E-state index contributed by atoms with van der Waals surface area (Å²) in [6.07, 6.45) is 10.4. The van der Waals surface area contributed by atoms with Crippen molar-refractivity contribution in [3.8, 4) is 0 Å². The summed E-state index contributed by atoms with van der Waals surface area (Å²) >= 11 is 0. The lowest BCUT2D eigenvalue weighted by Gasteiger charge is -2.29. The van der Waals surface area contributed by atoms with Gasteiger partial charge in [0.2, 0.25) is 0 Å². The van der Waals surface area contributed by atoms with Gasteiger partial charge in [-0.2, -0.15) is 0 Å². The highest BCUT2D eigenvalue weighted by molar-refractivity contribution is 7.94. The average Bonchev–Trinajstić information content (AvgIpc) is 2.92. The van der Waals surface area contributed by atoms with Crippen LogP contribution in [-0.4, -0.2) is 25.3 Å². The fraction of sp³-hybridized carbons (Fsp3) is 0.344. The van der Waals surface area contributed by atoms with Crippen molar-refractivity contribution in [2.45, 2.75) is 58.7 Å². The summed E-state index contributed by atoms with van der Waals surface area (Å²) in [6, 6.07) is 33.0. The Morgan fingerprint density at radius 2 is 1.06 bits per heavy atom. The molecule has 3 aromatic carbocycles. The number of unbranched alkanes of at least 4 members (excludes halogenated alkanes) is 3. The summed E-state index contributed by atoms with van der Waals surface area (Å²) in [5.41, 5.74) is 0. The molecule has 0 amide bonds. The zero-order valence-corrected chi connectivity index (χ0v) is 22.3. The summed E-state index contributed by atoms with van der Waals surface area (Å²) in [6.45, 7) is 3.98. The Bertz CT molecular complexity index is 916. The molecular weight excluding hydrogens is 447 g/mol. The Morgan fingerprint density at radius 3 is 1.46 bits per heavy atom. The first-order valence-electron chi connectivity index (χ1n) is 13.1. The summed E-state index contributed by atoms with van der Waals surface area (Å²) in [5, 5.41) is 4.18. The molecule has 2 nitrogen and oxygen atoms in total. The van der Waals surface area contributed by atoms with Gasteiger partial charge < -0.3 is 9.47 Å². The van der Waals surface area contributed by atoms with Gasteiger partial charge in [0.05, 0.1) is 13.2 Å². The Kier molecular flexibility index (Phi) is 12.1. The quantitative estimate of drug-likeness (QED) is 0.0985. The molecule has 0 aliphatic heterocycles. The van der Waals surface area contributed by atoms with Crippen LogP contribution in [0.25, 0.3) is 0 Å². The van der Waals surface area contributed by atoms with E-state index in [2.05, 4.69) is 123 Å². The Hall–Kier alpha value is -2.38. The minimum absolute atomic E-state index is 0.245. The van der Waals surface area contributed by atoms with Gasteiger partial charge in [-0.05, 0) is 54.6 Å². The highest BCUT2D eigenvalue weighted by Gasteiger charge is 2.24. The van der Waals surface area contributed by atoms with Crippen molar-refractivity contribution in [2.24, 2.45) is 0 Å². The summed E-state index contributed by atoms with van der Waals surface area (Å²) in [4.78, 5) is 0. The molecule has 0 saturated heterocycles. The predicted molar refractivity (Wildman–Crippen MR) is 155 cm³/mol. The van der Waals surface area contributed by atoms with Gasteiger partial charge in [-0.1, -0.05) is 130 Å². The maximum Gasteiger partial charge on any atom is 0.176 e. The maximum atomic E-state index is 5.97. The molecule has 0 saturated carbocycles. The van der Waals surface area contributed by atoms with E-state index in [1.165, 1.54) is 15.9 Å². The van der Waals surface area contributed by atoms with Crippen LogP contribution >= 0.6 is 6.89 Å². The largest absolute Gasteiger partial charge is 0.349 e. The van der Waals surface area contributed by atoms with Gasteiger partial charge in [0.25, 0.3) is 0 Å². The highest BCUT2D eigenvalue weighted by Crippen LogP contribution is 2.44. The number of hydrogen-bond acceptors (Lipinski definition) is 2. The lowest BCUT2D eigenvalue weighted by molar-refractivity contribution is -0.112. The molecule has 0 aliphatic carbocycles. The summed E-state index contributed by atoms with van der Waals surface area (Å²) in [7, 11) is 0. The first-order chi connectivity index (χ1) is 17.3. The molecule has 0 aromatic heterocycles. The highest BCUT2D eigenvalue weighted by atomic mass is 31.2. The summed E-state index contributed by atoms with van der Waals surface area (Å²) in [5.74, 6) is 2.59. The fourth-order valence-corrected chi connectivity index (χ4v) is 8.16. The molecule has 0 bridgehead atoms. The van der Waals surface area contributed by atoms with Crippen LogP contribution in [0.2, 0.25) is 0 Å². The van der Waals surface area contributed by atoms with Crippen LogP contribution in [0.5, 0.6) is 0 Å². The van der Waals surface area contributed by atoms with Gasteiger partial charge in [-0.15, -0.1) is 0 Å². The van der Waals surface area contributed by atoms with Crippen molar-refractivity contribution in [1.29, 1.82) is 0 Å². The van der Waals surface area contributed by atoms with Crippen molar-refractivity contribution in [2.75, 3.05) is 13.2 Å². The molecule has 3 rings (SSSR count). The molecule has 0 heterocycles. The first-order valence-corrected chi connectivity index (χ1v) is 15.0. The number of hydrogen-bond donors (Lipinski definition) is 0. The lowest BCUT2D eigenvalue weighted by Crippen LogP contribution is -2.26. The topological polar surface area (TPSA) is 18.5 Å². The molecular formula is C32H41O2P. The van der Waals surface area contributed by atoms with Crippen LogP contribution in [0.1, 0.15) is 52.4 Å². The summed E-state index contributed by atoms with van der Waals surface area (Å²) < 4.78 is 11.9. The minimum atomic E-state index is -1.88. The number of allylic oxidation sites excluding steroid dienone is 1. The molecule has 0 spiro atoms. The number of rotatable bonds is 15. The molecule has 0 unspecified atom stereocenters. The molecule has 3 aromatic rings. The second-order valence-electron chi connectivity index (χ2n) is 8.73. The van der Waals surface area contributed by atoms with E-state index in [1.807, 2.05) is 0 Å². The molecule has 0 atom stereocenters. The molecule has 0 N–H and O–H groups in total. The van der Waals surface area contributed by atoms with E-state index >= 15 is 0 Å². The zero-order chi connectivity index (χ0) is 24.6. The van der Waals surface area contributed by atoms with E-state index in [4.69, 9.17) is 9.47 Å². The SMILES string of the molecule is CCCCOC(/C=C/CCC=P(c1ccccc1)(c1ccccc1)c1ccccc1)OCCCC. The van der Waals surface area contributed by atoms with Crippen LogP contribution in [0.4, 0.5) is 0 Å². The lowest BCUT2D eigenvalue weighted by atomic mass is 10.3. The van der Waals surface area contributed by atoms with E-state index in [0.717, 1.165) is 51.7 Å². The van der Waals surface area contributed by atoms with Crippen LogP contribution in [0, 0.1) is 0 Å². The van der Waals surface area contributed by atoms with E-state index < -0.39 is 6.89 Å². The Labute approximate surface area is 213 Å². The van der Waals surface area contributed by atoms with Crippen molar-refractivity contribution >= 4 is 28.6 Å². The van der Waals surface area contributed by atoms with Gasteiger partial charge in [-0.25, -0.2) is 0 Å². The second-order valence-corrected chi connectivity index (χ2v) is 12.1. The molecule has 186 valence electrons. The van der Waals surface area contributed by atoms with E-state index in [0.29, 0.717) is 0 Å². The van der Waals surface area contributed by atoms with Crippen LogP contribution in [-0.2, 0) is 9.47 Å². The monoisotopic (exact) mass is 488 g/mol. The van der Waals surface area contributed by atoms with Gasteiger partial charge in [0, 0.05) is 0 Å². The third kappa shape index (κ3) is 8.07. The van der Waals surface area contributed by atoms with Crippen LogP contribution < -0.4 is 15.9 Å². The third-order valence-corrected chi connectivity index (χ3v) is 10.2. The smallest absolute Gasteiger partial charge is 0.176 e. The molecule has 3 heteroatoms. The predicted octanol–water partition coefficient (Wildman–Crippen LogP) is 7.08. The third-order valence-electron chi connectivity index (χ3n) is 6.08. The second kappa shape index (κ2) is 15.6. The van der Waals surface area contributed by atoms with Gasteiger partial charge in [0.1, 0.15) is 0 Å². The van der Waals surface area contributed by atoms with Crippen LogP contribution in [0.15, 0.2) is 103 Å². The maximum absolute atomic E-state index is 5.97. The van der Waals surface area contributed by atoms with E-state index in [1.54, 1.807) is 0 Å². The van der Waals surface area contributed by atoms with Gasteiger partial charge in [-0.3, -0.25) is 0 Å². The van der Waals surface area contributed by atoms with Crippen molar-refractivity contribution in [3.63, 3.8) is 0 Å². The Morgan fingerprint density at radius 1 is 0.629 bits per heavy atom. The number of ether oxygens (including phenoxy) is 2. The van der Waals surface area contributed by atoms with Gasteiger partial charge in [0.15, 0.2) is 6.29 Å². The Balaban J connectivity index is 1.87. The van der Waals surface area contributed by atoms with Crippen molar-refractivity contribution in [3.05, 3.63) is 103 Å². The molecule has 0 radical (unpaired) electrons. The standard InChI is InChI=1S/C32H41O2P/c1-3-5-26-33-32(34-27-6-4-2)25-17-10-18-28-35(29-19-11-7-12-20-29,30-21-13-8-14-22-30)31-23-15-9-16-24-31/h7-9,11-17,19-25,28,32H,3-6,10,18,26-27H2,1-2H3/b25-17+. The molecule has 0 fully saturated rings. The fourth-order valence-electron chi connectivity index (χ4n) is 4.17. The average molecular weight is 489 g/mol. The van der Waals surface area contributed by atoms with Crippen molar-refractivity contribution in [1.82, 2.24) is 0 Å². The van der Waals surface area contributed by atoms with Crippen molar-refractivity contribution < 1.29 is 9.47 Å². The van der Waals surface area contributed by atoms with E-state index in [9.17, 15) is 0 Å².